The van der Waals surface area contributed by atoms with Gasteiger partial charge in [0.25, 0.3) is 0 Å². The molecular formula is C12H10N2O2. The third-order valence-electron chi connectivity index (χ3n) is 2.09. The van der Waals surface area contributed by atoms with Gasteiger partial charge in [0.05, 0.1) is 7.57 Å². The van der Waals surface area contributed by atoms with Crippen molar-refractivity contribution in [3.63, 3.8) is 0 Å². The molecule has 16 heavy (non-hydrogen) atoms. The molecule has 80 valence electrons. The van der Waals surface area contributed by atoms with E-state index in [1.807, 2.05) is 0 Å². The maximum Gasteiger partial charge on any atom is 0.357 e. The summed E-state index contributed by atoms with van der Waals surface area (Å²) >= 11 is 0. The summed E-state index contributed by atoms with van der Waals surface area (Å²) in [5.41, 5.74) is 1.37. The predicted octanol–water partition coefficient (Wildman–Crippen LogP) is 2.15. The Balaban J connectivity index is 2.59. The number of carbonyl (C=O) groups is 1. The van der Waals surface area contributed by atoms with Gasteiger partial charge in [-0.15, -0.1) is 5.10 Å². The van der Waals surface area contributed by atoms with Gasteiger partial charge in [-0.25, -0.2) is 4.79 Å². The lowest BCUT2D eigenvalue weighted by Crippen LogP contribution is -2.04. The van der Waals surface area contributed by atoms with Crippen molar-refractivity contribution < 1.29 is 12.6 Å². The molecule has 0 bridgehead atoms. The van der Waals surface area contributed by atoms with E-state index in [9.17, 15) is 4.79 Å². The van der Waals surface area contributed by atoms with E-state index in [2.05, 4.69) is 10.2 Å². The monoisotopic (exact) mass is 216 g/mol. The number of aryl methyl sites for hydroxylation is 1. The summed E-state index contributed by atoms with van der Waals surface area (Å²) in [5, 5.41) is 16.1. The second kappa shape index (κ2) is 4.10. The van der Waals surface area contributed by atoms with Gasteiger partial charge in [-0.2, -0.15) is 5.10 Å². The van der Waals surface area contributed by atoms with Crippen LogP contribution in [0.4, 0.5) is 0 Å². The summed E-state index contributed by atoms with van der Waals surface area (Å²) in [4.78, 5) is 11.0. The highest BCUT2D eigenvalue weighted by atomic mass is 16.4. The molecule has 4 nitrogen and oxygen atoms in total. The Morgan fingerprint density at radius 3 is 3.00 bits per heavy atom. The van der Waals surface area contributed by atoms with Crippen LogP contribution in [0.3, 0.4) is 0 Å². The molecule has 0 fully saturated rings. The summed E-state index contributed by atoms with van der Waals surface area (Å²) in [5.74, 6) is -1.18. The van der Waals surface area contributed by atoms with Crippen molar-refractivity contribution in [3.8, 4) is 11.1 Å². The minimum atomic E-state index is -1.18. The van der Waals surface area contributed by atoms with Crippen LogP contribution in [0.25, 0.3) is 11.1 Å². The minimum Gasteiger partial charge on any atom is -0.476 e. The van der Waals surface area contributed by atoms with Crippen molar-refractivity contribution in [1.82, 2.24) is 10.2 Å². The highest BCUT2D eigenvalue weighted by Crippen LogP contribution is 2.21. The lowest BCUT2D eigenvalue weighted by atomic mass is 10.0. The lowest BCUT2D eigenvalue weighted by Gasteiger charge is -2.04. The van der Waals surface area contributed by atoms with Crippen LogP contribution in [0.5, 0.6) is 0 Å². The van der Waals surface area contributed by atoms with Gasteiger partial charge in [-0.3, -0.25) is 0 Å². The molecule has 1 aromatic carbocycles. The molecule has 0 atom stereocenters. The number of rotatable bonds is 2. The molecule has 0 saturated carbocycles. The molecule has 0 amide bonds. The number of carboxylic acids is 1. The van der Waals surface area contributed by atoms with Gasteiger partial charge in [0.15, 0.2) is 5.69 Å². The predicted molar refractivity (Wildman–Crippen MR) is 59.2 cm³/mol. The van der Waals surface area contributed by atoms with E-state index in [4.69, 9.17) is 7.85 Å². The Kier molecular flexibility index (Phi) is 2.05. The SMILES string of the molecule is [2H]Cc1ccc(-c2ccnnc2C(=O)O)c([2H])c1. The quantitative estimate of drug-likeness (QED) is 0.835. The number of hydrogen-bond acceptors (Lipinski definition) is 3. The van der Waals surface area contributed by atoms with E-state index in [1.165, 1.54) is 12.3 Å². The van der Waals surface area contributed by atoms with Crippen LogP contribution in [0.15, 0.2) is 36.5 Å². The molecule has 0 radical (unpaired) electrons. The summed E-state index contributed by atoms with van der Waals surface area (Å²) in [6.45, 7) is 0.0898. The fourth-order valence-electron chi connectivity index (χ4n) is 1.33. The average molecular weight is 216 g/mol. The fourth-order valence-corrected chi connectivity index (χ4v) is 1.33. The molecule has 0 spiro atoms. The van der Waals surface area contributed by atoms with E-state index in [1.54, 1.807) is 18.2 Å². The van der Waals surface area contributed by atoms with Crippen molar-refractivity contribution in [1.29, 1.82) is 0 Å². The molecule has 1 heterocycles. The zero-order chi connectivity index (χ0) is 13.1. The van der Waals surface area contributed by atoms with Gasteiger partial charge in [0, 0.05) is 6.93 Å². The minimum absolute atomic E-state index is 0.0898. The standard InChI is InChI=1S/C12H10N2O2/c1-8-2-4-9(5-3-8)10-6-7-13-14-11(10)12(15)16/h2-7H,1H3,(H,15,16)/i1D,4D. The van der Waals surface area contributed by atoms with Crippen LogP contribution in [-0.2, 0) is 0 Å². The molecule has 0 saturated heterocycles. The normalized spacial score (nSPS) is 11.8. The van der Waals surface area contributed by atoms with Crippen LogP contribution in [0.1, 0.15) is 18.8 Å². The first-order valence-electron chi connectivity index (χ1n) is 5.78. The molecule has 0 unspecified atom stereocenters. The molecule has 0 aliphatic carbocycles. The maximum atomic E-state index is 11.0. The van der Waals surface area contributed by atoms with Crippen LogP contribution < -0.4 is 0 Å². The Labute approximate surface area is 95.4 Å². The first-order chi connectivity index (χ1) is 8.63. The number of carboxylic acid groups (broad SMARTS) is 1. The van der Waals surface area contributed by atoms with E-state index in [0.717, 1.165) is 0 Å². The molecule has 2 aromatic rings. The van der Waals surface area contributed by atoms with Crippen molar-refractivity contribution in [2.75, 3.05) is 0 Å². The highest BCUT2D eigenvalue weighted by molar-refractivity contribution is 5.93. The number of nitrogens with zero attached hydrogens (tertiary/aromatic N) is 2. The molecule has 2 rings (SSSR count). The third kappa shape index (κ3) is 1.91. The van der Waals surface area contributed by atoms with Crippen LogP contribution in [0, 0.1) is 6.90 Å². The second-order valence-corrected chi connectivity index (χ2v) is 3.21. The summed E-state index contributed by atoms with van der Waals surface area (Å²) in [7, 11) is 0. The Bertz CT molecular complexity index is 602. The second-order valence-electron chi connectivity index (χ2n) is 3.21. The number of hydrogen-bond donors (Lipinski definition) is 1. The molecule has 4 heteroatoms. The molecule has 0 aliphatic rings. The van der Waals surface area contributed by atoms with E-state index in [0.29, 0.717) is 16.7 Å². The topological polar surface area (TPSA) is 63.1 Å². The Morgan fingerprint density at radius 1 is 1.44 bits per heavy atom. The van der Waals surface area contributed by atoms with Crippen molar-refractivity contribution >= 4 is 5.97 Å². The zero-order valence-corrected chi connectivity index (χ0v) is 8.34. The van der Waals surface area contributed by atoms with Gasteiger partial charge in [0.1, 0.15) is 0 Å². The van der Waals surface area contributed by atoms with E-state index < -0.39 is 5.97 Å². The van der Waals surface area contributed by atoms with Gasteiger partial charge in [-0.1, -0.05) is 29.8 Å². The first-order valence-corrected chi connectivity index (χ1v) is 4.57. The fraction of sp³-hybridized carbons (Fsp3) is 0.0833. The molecule has 0 aliphatic heterocycles. The Morgan fingerprint density at radius 2 is 2.31 bits per heavy atom. The number of benzene rings is 1. The van der Waals surface area contributed by atoms with Gasteiger partial charge < -0.3 is 5.11 Å². The molecular weight excluding hydrogens is 204 g/mol. The van der Waals surface area contributed by atoms with Gasteiger partial charge in [0.2, 0.25) is 0 Å². The van der Waals surface area contributed by atoms with Crippen molar-refractivity contribution in [3.05, 3.63) is 47.8 Å². The van der Waals surface area contributed by atoms with Crippen LogP contribution >= 0.6 is 0 Å². The van der Waals surface area contributed by atoms with Gasteiger partial charge >= 0.3 is 5.97 Å². The summed E-state index contributed by atoms with van der Waals surface area (Å²) in [6.07, 6.45) is 1.39. The maximum absolute atomic E-state index is 11.0. The third-order valence-corrected chi connectivity index (χ3v) is 2.09. The first kappa shape index (κ1) is 7.98. The lowest BCUT2D eigenvalue weighted by molar-refractivity contribution is 0.0690. The summed E-state index contributed by atoms with van der Waals surface area (Å²) in [6, 6.07) is 6.58. The average Bonchev–Trinajstić information content (AvgIpc) is 2.38. The van der Waals surface area contributed by atoms with E-state index >= 15 is 0 Å². The van der Waals surface area contributed by atoms with Crippen molar-refractivity contribution in [2.45, 2.75) is 6.90 Å². The summed E-state index contributed by atoms with van der Waals surface area (Å²) < 4.78 is 15.1. The number of aromatic carboxylic acids is 1. The number of aromatic nitrogens is 2. The smallest absolute Gasteiger partial charge is 0.357 e. The molecule has 1 N–H and O–H groups in total. The van der Waals surface area contributed by atoms with Gasteiger partial charge in [-0.05, 0) is 18.5 Å². The highest BCUT2D eigenvalue weighted by Gasteiger charge is 2.12. The molecule has 1 aromatic heterocycles. The van der Waals surface area contributed by atoms with Crippen molar-refractivity contribution in [2.24, 2.45) is 0 Å². The largest absolute Gasteiger partial charge is 0.476 e. The zero-order valence-electron chi connectivity index (χ0n) is 10.3. The van der Waals surface area contributed by atoms with E-state index in [-0.39, 0.29) is 18.6 Å². The van der Waals surface area contributed by atoms with Crippen LogP contribution in [0.2, 0.25) is 0 Å². The Hall–Kier alpha value is -2.23. The van der Waals surface area contributed by atoms with Crippen LogP contribution in [-0.4, -0.2) is 21.3 Å².